The normalized spacial score (nSPS) is 11.4. The fourth-order valence-electron chi connectivity index (χ4n) is 3.17. The summed E-state index contributed by atoms with van der Waals surface area (Å²) < 4.78 is 32.9. The summed E-state index contributed by atoms with van der Waals surface area (Å²) in [5, 5.41) is 17.8. The minimum Gasteiger partial charge on any atom is -0.439 e. The first-order chi connectivity index (χ1) is 16.0. The number of pyridine rings is 1. The number of H-pyrrole nitrogens is 1. The Morgan fingerprint density at radius 2 is 1.67 bits per heavy atom. The summed E-state index contributed by atoms with van der Waals surface area (Å²) in [4.78, 5) is 4.47. The Hall–Kier alpha value is -4.38. The first-order valence-corrected chi connectivity index (χ1v) is 11.3. The van der Waals surface area contributed by atoms with Gasteiger partial charge in [0.2, 0.25) is 11.7 Å². The maximum Gasteiger partial charge on any atom is 0.283 e. The van der Waals surface area contributed by atoms with E-state index < -0.39 is 10.0 Å². The van der Waals surface area contributed by atoms with Crippen LogP contribution in [0.3, 0.4) is 0 Å². The minimum atomic E-state index is -3.84. The average molecular weight is 459 g/mol. The van der Waals surface area contributed by atoms with E-state index in [4.69, 9.17) is 4.74 Å². The zero-order chi connectivity index (χ0) is 22.8. The van der Waals surface area contributed by atoms with Crippen molar-refractivity contribution in [2.75, 3.05) is 0 Å². The number of aromatic nitrogens is 7. The molecule has 3 heterocycles. The van der Waals surface area contributed by atoms with Crippen molar-refractivity contribution < 1.29 is 13.2 Å². The molecular weight excluding hydrogens is 442 g/mol. The predicted molar refractivity (Wildman–Crippen MR) is 119 cm³/mol. The molecule has 1 N–H and O–H groups in total. The van der Waals surface area contributed by atoms with Crippen LogP contribution in [0.4, 0.5) is 0 Å². The van der Waals surface area contributed by atoms with Crippen LogP contribution >= 0.6 is 0 Å². The summed E-state index contributed by atoms with van der Waals surface area (Å²) in [7, 11) is -3.84. The number of nitrogens with zero attached hydrogens (tertiary/aromatic N) is 6. The highest BCUT2D eigenvalue weighted by molar-refractivity contribution is 7.90. The number of aromatic amines is 1. The van der Waals surface area contributed by atoms with Gasteiger partial charge in [-0.2, -0.15) is 22.8 Å². The molecule has 0 radical (unpaired) electrons. The summed E-state index contributed by atoms with van der Waals surface area (Å²) in [5.41, 5.74) is 2.75. The summed E-state index contributed by atoms with van der Waals surface area (Å²) in [6, 6.07) is 18.8. The quantitative estimate of drug-likeness (QED) is 0.409. The molecule has 164 valence electrons. The maximum absolute atomic E-state index is 13.1. The number of tetrazole rings is 1. The number of hydrogen-bond acceptors (Lipinski definition) is 8. The number of hydrogen-bond donors (Lipinski definition) is 1. The monoisotopic (exact) mass is 459 g/mol. The third-order valence-electron chi connectivity index (χ3n) is 4.87. The number of ether oxygens (including phenoxy) is 1. The summed E-state index contributed by atoms with van der Waals surface area (Å²) in [5.74, 6) is 1.43. The van der Waals surface area contributed by atoms with Crippen molar-refractivity contribution >= 4 is 10.0 Å². The van der Waals surface area contributed by atoms with E-state index in [9.17, 15) is 8.42 Å². The van der Waals surface area contributed by atoms with Gasteiger partial charge in [0.05, 0.1) is 16.8 Å². The lowest BCUT2D eigenvalue weighted by Crippen LogP contribution is -2.15. The Bertz CT molecular complexity index is 1480. The molecule has 11 heteroatoms. The molecule has 0 fully saturated rings. The van der Waals surface area contributed by atoms with Gasteiger partial charge in [-0.1, -0.05) is 17.7 Å². The van der Waals surface area contributed by atoms with Crippen molar-refractivity contribution in [3.05, 3.63) is 84.7 Å². The second-order valence-electron chi connectivity index (χ2n) is 7.12. The van der Waals surface area contributed by atoms with Crippen LogP contribution in [0.15, 0.2) is 84.0 Å². The molecule has 0 aliphatic heterocycles. The molecule has 5 rings (SSSR count). The SMILES string of the molecule is Cc1ccc(S(=O)(=O)n2nccc2-c2ccc(Oc3ccc(-c4nn[nH]n4)cc3)nc2)cc1. The van der Waals surface area contributed by atoms with Gasteiger partial charge in [0.15, 0.2) is 0 Å². The third-order valence-corrected chi connectivity index (χ3v) is 6.48. The van der Waals surface area contributed by atoms with Crippen molar-refractivity contribution in [3.63, 3.8) is 0 Å². The van der Waals surface area contributed by atoms with Crippen molar-refractivity contribution in [2.24, 2.45) is 0 Å². The van der Waals surface area contributed by atoms with Gasteiger partial charge in [-0.3, -0.25) is 0 Å². The van der Waals surface area contributed by atoms with Crippen molar-refractivity contribution in [1.29, 1.82) is 0 Å². The molecule has 33 heavy (non-hydrogen) atoms. The molecule has 0 atom stereocenters. The van der Waals surface area contributed by atoms with Crippen molar-refractivity contribution in [3.8, 4) is 34.3 Å². The summed E-state index contributed by atoms with van der Waals surface area (Å²) in [6.07, 6.45) is 2.98. The highest BCUT2D eigenvalue weighted by Crippen LogP contribution is 2.27. The van der Waals surface area contributed by atoms with E-state index in [2.05, 4.69) is 30.7 Å². The smallest absolute Gasteiger partial charge is 0.283 e. The van der Waals surface area contributed by atoms with E-state index in [1.165, 1.54) is 6.20 Å². The standard InChI is InChI=1S/C22H17N7O3S/c1-15-2-9-19(10-3-15)33(30,31)29-20(12-13-24-29)17-6-11-21(23-14-17)32-18-7-4-16(5-8-18)22-25-27-28-26-22/h2-14H,1H3,(H,25,26,27,28). The molecule has 0 aliphatic carbocycles. The first kappa shape index (κ1) is 20.5. The molecule has 0 bridgehead atoms. The van der Waals surface area contributed by atoms with Gasteiger partial charge in [-0.25, -0.2) is 4.98 Å². The second kappa shape index (κ2) is 8.28. The highest BCUT2D eigenvalue weighted by Gasteiger charge is 2.21. The Balaban J connectivity index is 1.36. The molecule has 0 saturated heterocycles. The van der Waals surface area contributed by atoms with E-state index in [1.54, 1.807) is 60.8 Å². The number of benzene rings is 2. The van der Waals surface area contributed by atoms with Crippen LogP contribution in [0.5, 0.6) is 11.6 Å². The van der Waals surface area contributed by atoms with Crippen LogP contribution in [0.2, 0.25) is 0 Å². The molecule has 0 amide bonds. The van der Waals surface area contributed by atoms with E-state index in [0.717, 1.165) is 15.2 Å². The Morgan fingerprint density at radius 1 is 0.909 bits per heavy atom. The molecule has 5 aromatic rings. The summed E-state index contributed by atoms with van der Waals surface area (Å²) >= 11 is 0. The third kappa shape index (κ3) is 4.08. The van der Waals surface area contributed by atoms with Gasteiger partial charge in [0.25, 0.3) is 10.0 Å². The first-order valence-electron chi connectivity index (χ1n) is 9.85. The number of aryl methyl sites for hydroxylation is 1. The molecular formula is C22H17N7O3S. The molecule has 0 spiro atoms. The van der Waals surface area contributed by atoms with Crippen LogP contribution < -0.4 is 4.74 Å². The Kier molecular flexibility index (Phi) is 5.15. The van der Waals surface area contributed by atoms with E-state index in [-0.39, 0.29) is 4.90 Å². The van der Waals surface area contributed by atoms with Crippen LogP contribution in [0, 0.1) is 6.92 Å². The largest absolute Gasteiger partial charge is 0.439 e. The van der Waals surface area contributed by atoms with Gasteiger partial charge in [-0.15, -0.1) is 10.2 Å². The Morgan fingerprint density at radius 3 is 2.33 bits per heavy atom. The van der Waals surface area contributed by atoms with Crippen LogP contribution in [0.25, 0.3) is 22.6 Å². The van der Waals surface area contributed by atoms with Crippen LogP contribution in [-0.2, 0) is 10.0 Å². The van der Waals surface area contributed by atoms with Gasteiger partial charge >= 0.3 is 0 Å². The lowest BCUT2D eigenvalue weighted by atomic mass is 10.2. The predicted octanol–water partition coefficient (Wildman–Crippen LogP) is 3.46. The van der Waals surface area contributed by atoms with E-state index in [1.807, 2.05) is 19.1 Å². The summed E-state index contributed by atoms with van der Waals surface area (Å²) in [6.45, 7) is 1.90. The average Bonchev–Trinajstić information content (AvgIpc) is 3.53. The maximum atomic E-state index is 13.1. The topological polar surface area (TPSA) is 129 Å². The Labute approximate surface area is 188 Å². The molecule has 3 aromatic heterocycles. The lowest BCUT2D eigenvalue weighted by Gasteiger charge is -2.10. The highest BCUT2D eigenvalue weighted by atomic mass is 32.2. The molecule has 0 aliphatic rings. The van der Waals surface area contributed by atoms with Crippen molar-refractivity contribution in [2.45, 2.75) is 11.8 Å². The van der Waals surface area contributed by atoms with E-state index in [0.29, 0.717) is 28.7 Å². The van der Waals surface area contributed by atoms with Gasteiger partial charge in [-0.05, 0) is 60.7 Å². The second-order valence-corrected chi connectivity index (χ2v) is 8.89. The molecule has 10 nitrogen and oxygen atoms in total. The number of nitrogens with one attached hydrogen (secondary N) is 1. The van der Waals surface area contributed by atoms with E-state index >= 15 is 0 Å². The van der Waals surface area contributed by atoms with Gasteiger partial charge in [0, 0.05) is 23.4 Å². The van der Waals surface area contributed by atoms with Gasteiger partial charge < -0.3 is 4.74 Å². The number of rotatable bonds is 6. The molecule has 2 aromatic carbocycles. The minimum absolute atomic E-state index is 0.162. The fraction of sp³-hybridized carbons (Fsp3) is 0.0455. The van der Waals surface area contributed by atoms with Crippen LogP contribution in [0.1, 0.15) is 5.56 Å². The zero-order valence-electron chi connectivity index (χ0n) is 17.3. The fourth-order valence-corrected chi connectivity index (χ4v) is 4.45. The molecule has 0 saturated carbocycles. The van der Waals surface area contributed by atoms with Crippen molar-refractivity contribution in [1.82, 2.24) is 34.8 Å². The van der Waals surface area contributed by atoms with Gasteiger partial charge in [0.1, 0.15) is 5.75 Å². The zero-order valence-corrected chi connectivity index (χ0v) is 18.1. The lowest BCUT2D eigenvalue weighted by molar-refractivity contribution is 0.463. The van der Waals surface area contributed by atoms with Crippen LogP contribution in [-0.4, -0.2) is 43.2 Å². The molecule has 0 unspecified atom stereocenters.